The summed E-state index contributed by atoms with van der Waals surface area (Å²) in [5.74, 6) is 1.75. The van der Waals surface area contributed by atoms with E-state index in [4.69, 9.17) is 120 Å². The van der Waals surface area contributed by atoms with Crippen molar-refractivity contribution in [2.75, 3.05) is 161 Å². The highest BCUT2D eigenvalue weighted by Gasteiger charge is 2.41. The van der Waals surface area contributed by atoms with E-state index in [1.807, 2.05) is 213 Å². The molecule has 16 unspecified atom stereocenters. The van der Waals surface area contributed by atoms with E-state index in [1.54, 1.807) is 26.6 Å². The van der Waals surface area contributed by atoms with Crippen LogP contribution in [0.15, 0.2) is 188 Å². The lowest BCUT2D eigenvalue weighted by molar-refractivity contribution is -0.144. The van der Waals surface area contributed by atoms with Crippen LogP contribution >= 0.6 is 0 Å². The van der Waals surface area contributed by atoms with Crippen LogP contribution in [-0.2, 0) is 31.0 Å². The molecule has 32 nitrogen and oxygen atoms in total. The van der Waals surface area contributed by atoms with E-state index in [9.17, 15) is 0 Å². The van der Waals surface area contributed by atoms with Crippen LogP contribution in [0, 0.1) is 22.7 Å². The number of pyridine rings is 2. The van der Waals surface area contributed by atoms with Crippen molar-refractivity contribution < 1.29 is 28.4 Å². The van der Waals surface area contributed by atoms with Gasteiger partial charge >= 0.3 is 0 Å². The quantitative estimate of drug-likeness (QED) is 0.0258. The Morgan fingerprint density at radius 1 is 0.447 bits per heavy atom. The number of nitrogens with one attached hydrogen (secondary N) is 6. The summed E-state index contributed by atoms with van der Waals surface area (Å²) in [7, 11) is 13.3. The Labute approximate surface area is 851 Å². The molecule has 14 rings (SSSR count). The first-order chi connectivity index (χ1) is 67.1. The van der Waals surface area contributed by atoms with Crippen molar-refractivity contribution in [3.63, 3.8) is 0 Å². The number of rotatable bonds is 25. The van der Waals surface area contributed by atoms with Crippen LogP contribution in [0.3, 0.4) is 0 Å². The number of nitrogens with zero attached hydrogens (tertiary/aromatic N) is 4. The van der Waals surface area contributed by atoms with Crippen molar-refractivity contribution in [2.45, 2.75) is 262 Å². The standard InChI is InChI=1S/C19H26N2O2.C14H16N2.C10H16N2.C10H24N2.C9H14N2.C8H16N2O2.C8H16N2.C7H16N2O2.C6H8N2.C6H14N2.C5H12N2.C4H12N2.C3H10N2/c1-13(2)18(20)19(21,14-5-9-16(22-3)10-6-14)15-7-11-17(23-4)12-8-15;15-13(11-7-3-1-4-8-11)14(16)12-9-5-2-6-10-12;1-12(2)8-10(11)9-6-4-3-5-7-9;1-9(2,3)7(11)8(12)10(4,5)6;1-7(2)9(10)8-5-3-4-6-11-8;1-3-11-5-7(9-1)8-6-12-4-2-10-8;1-3-7(9-5-1)8-4-2-6-10-8;1-7(2)10-5(3-8)6(4-9)11-7;7-5-6-3-1-2-4-8-6;7-5-3-1-2-4-6(5)8;6-4-5-2-1-3-7-5;1-6(2)4-3-5;1-5-3-2-4/h5-13,18H,20-21H2,1-4H3;1-10,13-14H,15-16H2;3-7,10H,8,11H2,1-2H3;7-8H,11-12H2,1-6H3;3-7,9H,10H2,1-2H3;7-10H,1-6H2;7-10H,1-6H2;5-6H,3-4,8-9H2,1-2H3;1-4H,5,7H2;5-6H,1-4,7-8H2;5,7H,1-4,6H2;3-5H2,1-2H3;5H,2-4H2,1H3. The molecule has 32 heteroatoms. The van der Waals surface area contributed by atoms with E-state index in [0.29, 0.717) is 43.7 Å². The van der Waals surface area contributed by atoms with Crippen molar-refractivity contribution in [1.29, 1.82) is 0 Å². The Hall–Kier alpha value is -7.12. The molecule has 0 radical (unpaired) electrons. The number of aromatic nitrogens is 2. The molecule has 8 heterocycles. The number of morpholine rings is 2. The number of hydrogen-bond donors (Lipinski definition) is 22. The SMILES string of the molecule is C1CNC(C2CCCN2)C1.C1COCC(C2COCCN2)N1.CC(C)(C)C(N)C(N)C(C)(C)C.CC(C)C(N)c1ccccn1.CC1(C)OC(CN)C(CN)O1.CN(C)CC(N)c1ccccc1.CN(C)CCN.CNCCN.COc1ccc(C(N)(c2ccc(OC)cc2)C(N)C(C)C)cc1.NC(c1ccccc1)C(N)c1ccccc1.NC1CCCCC1N.NCC1CCCN1.NCc1ccccn1. The van der Waals surface area contributed by atoms with Gasteiger partial charge in [-0.15, -0.1) is 0 Å². The summed E-state index contributed by atoms with van der Waals surface area (Å²) in [6.45, 7) is 40.3. The fraction of sp³-hybridized carbons (Fsp3) is 0.633. The summed E-state index contributed by atoms with van der Waals surface area (Å²) in [5, 5.41) is 20.1. The minimum absolute atomic E-state index is 0.0463. The Kier molecular flexibility index (Phi) is 68.1. The van der Waals surface area contributed by atoms with Gasteiger partial charge in [0.05, 0.1) is 57.6 Å². The Balaban J connectivity index is 0.000000526. The lowest BCUT2D eigenvalue weighted by Crippen LogP contribution is -2.58. The van der Waals surface area contributed by atoms with Gasteiger partial charge in [-0.2, -0.15) is 0 Å². The number of likely N-dealkylation sites (N-methyl/N-ethyl adjacent to an activating group) is 3. The summed E-state index contributed by atoms with van der Waals surface area (Å²) >= 11 is 0. The highest BCUT2D eigenvalue weighted by atomic mass is 16.8. The monoisotopic (exact) mass is 1970 g/mol. The van der Waals surface area contributed by atoms with Gasteiger partial charge < -0.3 is 162 Å². The number of methoxy groups -OCH3 is 2. The number of hydrogen-bond acceptors (Lipinski definition) is 32. The molecule has 7 aliphatic rings. The van der Waals surface area contributed by atoms with Gasteiger partial charge in [-0.05, 0) is 219 Å². The molecule has 1 saturated carbocycles. The number of benzene rings is 5. The van der Waals surface area contributed by atoms with Gasteiger partial charge in [-0.3, -0.25) is 9.97 Å². The molecule has 16 atom stereocenters. The van der Waals surface area contributed by atoms with E-state index in [0.717, 1.165) is 149 Å². The van der Waals surface area contributed by atoms with E-state index in [2.05, 4.69) is 133 Å². The second-order valence-corrected chi connectivity index (χ2v) is 40.6. The van der Waals surface area contributed by atoms with Gasteiger partial charge in [-0.1, -0.05) is 209 Å². The first kappa shape index (κ1) is 130. The van der Waals surface area contributed by atoms with Crippen molar-refractivity contribution in [3.05, 3.63) is 228 Å². The van der Waals surface area contributed by atoms with Gasteiger partial charge in [0.2, 0.25) is 0 Å². The highest BCUT2D eigenvalue weighted by Crippen LogP contribution is 2.36. The zero-order chi connectivity index (χ0) is 105. The zero-order valence-corrected chi connectivity index (χ0v) is 90.1. The molecule has 802 valence electrons. The van der Waals surface area contributed by atoms with E-state index < -0.39 is 11.3 Å². The van der Waals surface area contributed by atoms with Crippen LogP contribution in [0.2, 0.25) is 0 Å². The molecule has 0 bridgehead atoms. The summed E-state index contributed by atoms with van der Waals surface area (Å²) in [5.41, 5.74) is 99.3. The van der Waals surface area contributed by atoms with Crippen LogP contribution in [0.25, 0.3) is 0 Å². The fourth-order valence-electron chi connectivity index (χ4n) is 15.9. The first-order valence-electron chi connectivity index (χ1n) is 51.2. The molecule has 5 aromatic carbocycles. The van der Waals surface area contributed by atoms with Gasteiger partial charge in [0.1, 0.15) is 23.7 Å². The molecular weight excluding hydrogens is 1770 g/mol. The molecule has 7 fully saturated rings. The second-order valence-electron chi connectivity index (χ2n) is 40.6. The fourth-order valence-corrected chi connectivity index (χ4v) is 15.9. The maximum absolute atomic E-state index is 6.86. The van der Waals surface area contributed by atoms with Crippen molar-refractivity contribution in [3.8, 4) is 11.5 Å². The molecular formula is C109H200N26O6. The molecule has 6 aliphatic heterocycles. The van der Waals surface area contributed by atoms with Crippen LogP contribution < -0.4 is 133 Å². The molecule has 141 heavy (non-hydrogen) atoms. The van der Waals surface area contributed by atoms with Crippen LogP contribution in [-0.4, -0.2) is 259 Å². The number of nitrogens with two attached hydrogens (primary N) is 16. The highest BCUT2D eigenvalue weighted by molar-refractivity contribution is 5.44. The Morgan fingerprint density at radius 2 is 0.851 bits per heavy atom. The molecule has 0 spiro atoms. The van der Waals surface area contributed by atoms with Gasteiger partial charge in [-0.25, -0.2) is 0 Å². The Morgan fingerprint density at radius 3 is 1.11 bits per heavy atom. The lowest BCUT2D eigenvalue weighted by Gasteiger charge is -2.39. The average Bonchev–Trinajstić information content (AvgIpc) is 1.29. The second kappa shape index (κ2) is 73.9. The van der Waals surface area contributed by atoms with Gasteiger partial charge in [0.25, 0.3) is 0 Å². The third-order valence-corrected chi connectivity index (χ3v) is 25.1. The summed E-state index contributed by atoms with van der Waals surface area (Å²) < 4.78 is 32.2. The minimum Gasteiger partial charge on any atom is -0.497 e. The van der Waals surface area contributed by atoms with Crippen molar-refractivity contribution in [2.24, 2.45) is 114 Å². The average molecular weight is 1970 g/mol. The molecule has 38 N–H and O–H groups in total. The van der Waals surface area contributed by atoms with Gasteiger partial charge in [0.15, 0.2) is 5.79 Å². The summed E-state index contributed by atoms with van der Waals surface area (Å²) in [6, 6.07) is 60.5. The first-order valence-corrected chi connectivity index (χ1v) is 51.2. The molecule has 1 aliphatic carbocycles. The van der Waals surface area contributed by atoms with E-state index in [-0.39, 0.29) is 83.3 Å². The van der Waals surface area contributed by atoms with E-state index >= 15 is 0 Å². The number of ether oxygens (including phenoxy) is 6. The summed E-state index contributed by atoms with van der Waals surface area (Å²) in [6.07, 6.45) is 16.3. The molecule has 0 amide bonds. The largest absolute Gasteiger partial charge is 0.497 e. The van der Waals surface area contributed by atoms with Crippen LogP contribution in [0.5, 0.6) is 11.5 Å². The summed E-state index contributed by atoms with van der Waals surface area (Å²) in [4.78, 5) is 12.3. The van der Waals surface area contributed by atoms with Crippen LogP contribution in [0.4, 0.5) is 0 Å². The predicted molar refractivity (Wildman–Crippen MR) is 590 cm³/mol. The van der Waals surface area contributed by atoms with E-state index in [1.165, 1.54) is 76.6 Å². The lowest BCUT2D eigenvalue weighted by atomic mass is 9.74. The maximum Gasteiger partial charge on any atom is 0.163 e. The Bertz CT molecular complexity index is 3890. The normalized spacial score (nSPS) is 21.5. The molecule has 6 saturated heterocycles. The topological polar surface area (TPSA) is 576 Å². The maximum atomic E-state index is 6.86. The third-order valence-electron chi connectivity index (χ3n) is 25.1. The van der Waals surface area contributed by atoms with Crippen LogP contribution in [0.1, 0.15) is 211 Å². The molecule has 2 aromatic heterocycles. The smallest absolute Gasteiger partial charge is 0.163 e. The third kappa shape index (κ3) is 53.7. The zero-order valence-electron chi connectivity index (χ0n) is 90.1. The van der Waals surface area contributed by atoms with Crippen molar-refractivity contribution in [1.82, 2.24) is 51.7 Å². The molecule has 7 aromatic rings. The minimum atomic E-state index is -0.785. The van der Waals surface area contributed by atoms with Gasteiger partial charge in [0, 0.05) is 169 Å². The predicted octanol–water partition coefficient (Wildman–Crippen LogP) is 8.00. The van der Waals surface area contributed by atoms with Crippen molar-refractivity contribution >= 4 is 0 Å².